The number of aldehydes is 2. The summed E-state index contributed by atoms with van der Waals surface area (Å²) >= 11 is 0. The average molecular weight is 626 g/mol. The van der Waals surface area contributed by atoms with Crippen LogP contribution in [0.3, 0.4) is 0 Å². The van der Waals surface area contributed by atoms with Gasteiger partial charge >= 0.3 is 0 Å². The van der Waals surface area contributed by atoms with Crippen LogP contribution in [0.5, 0.6) is 0 Å². The number of aryl methyl sites for hydroxylation is 2. The molecule has 3 aromatic heterocycles. The van der Waals surface area contributed by atoms with Crippen molar-refractivity contribution in [3.05, 3.63) is 71.8 Å². The van der Waals surface area contributed by atoms with Crippen LogP contribution in [0.25, 0.3) is 65.4 Å². The standard InChI is InChI=1S/C42H47N3O2/c1-3-5-7-9-11-15-23-44-35-18-14-13-17-31(35)39-41(44)37-32-25-29(27-46)19-21-34(32)43-40(37)38-33-26-30(28-47)20-22-36(33)45(42(38)39)24-16-12-10-8-6-4-2/h13-14,17-22,25-28,43H,3-12,15-16,23-24H2,1-2H3. The number of aromatic amines is 1. The minimum Gasteiger partial charge on any atom is -0.354 e. The van der Waals surface area contributed by atoms with Gasteiger partial charge < -0.3 is 14.1 Å². The van der Waals surface area contributed by atoms with Gasteiger partial charge in [0.15, 0.2) is 0 Å². The molecule has 0 fully saturated rings. The van der Waals surface area contributed by atoms with Crippen molar-refractivity contribution in [2.45, 2.75) is 104 Å². The zero-order valence-corrected chi connectivity index (χ0v) is 28.0. The van der Waals surface area contributed by atoms with E-state index in [0.29, 0.717) is 11.1 Å². The Morgan fingerprint density at radius 1 is 0.553 bits per heavy atom. The third-order valence-electron chi connectivity index (χ3n) is 10.3. The highest BCUT2D eigenvalue weighted by atomic mass is 16.1. The summed E-state index contributed by atoms with van der Waals surface area (Å²) in [5.74, 6) is 0. The van der Waals surface area contributed by atoms with Gasteiger partial charge in [0.2, 0.25) is 0 Å². The molecule has 0 aliphatic carbocycles. The second-order valence-electron chi connectivity index (χ2n) is 13.5. The zero-order valence-electron chi connectivity index (χ0n) is 28.0. The molecule has 0 aliphatic rings. The number of nitrogens with one attached hydrogen (secondary N) is 1. The van der Waals surface area contributed by atoms with Crippen molar-refractivity contribution >= 4 is 78.0 Å². The smallest absolute Gasteiger partial charge is 0.150 e. The number of benzene rings is 4. The second-order valence-corrected chi connectivity index (χ2v) is 13.5. The highest BCUT2D eigenvalue weighted by molar-refractivity contribution is 6.39. The molecule has 7 rings (SSSR count). The van der Waals surface area contributed by atoms with Gasteiger partial charge in [-0.15, -0.1) is 0 Å². The summed E-state index contributed by atoms with van der Waals surface area (Å²) in [7, 11) is 0. The topological polar surface area (TPSA) is 59.8 Å². The summed E-state index contributed by atoms with van der Waals surface area (Å²) in [6.07, 6.45) is 16.8. The summed E-state index contributed by atoms with van der Waals surface area (Å²) in [6.45, 7) is 6.42. The van der Waals surface area contributed by atoms with Crippen LogP contribution < -0.4 is 0 Å². The van der Waals surface area contributed by atoms with Crippen LogP contribution in [0.15, 0.2) is 60.7 Å². The Labute approximate surface area is 276 Å². The Morgan fingerprint density at radius 3 is 1.72 bits per heavy atom. The number of unbranched alkanes of at least 4 members (excludes halogenated alkanes) is 10. The van der Waals surface area contributed by atoms with E-state index in [1.165, 1.54) is 108 Å². The molecule has 242 valence electrons. The number of H-pyrrole nitrogens is 1. The lowest BCUT2D eigenvalue weighted by molar-refractivity contribution is 0.111. The Hall–Kier alpha value is -4.38. The van der Waals surface area contributed by atoms with Crippen LogP contribution in [0, 0.1) is 0 Å². The zero-order chi connectivity index (χ0) is 32.3. The largest absolute Gasteiger partial charge is 0.354 e. The van der Waals surface area contributed by atoms with E-state index < -0.39 is 0 Å². The number of carbonyl (C=O) groups is 2. The first-order valence-electron chi connectivity index (χ1n) is 18.0. The van der Waals surface area contributed by atoms with Gasteiger partial charge in [0, 0.05) is 73.1 Å². The lowest BCUT2D eigenvalue weighted by Gasteiger charge is -2.12. The van der Waals surface area contributed by atoms with E-state index in [1.807, 2.05) is 24.3 Å². The van der Waals surface area contributed by atoms with Crippen LogP contribution in [0.2, 0.25) is 0 Å². The summed E-state index contributed by atoms with van der Waals surface area (Å²) in [6, 6.07) is 21.1. The Kier molecular flexibility index (Phi) is 9.15. The molecule has 7 aromatic rings. The molecule has 5 heteroatoms. The molecule has 0 bridgehead atoms. The summed E-state index contributed by atoms with van der Waals surface area (Å²) in [4.78, 5) is 27.9. The van der Waals surface area contributed by atoms with Crippen molar-refractivity contribution in [3.8, 4) is 0 Å². The third kappa shape index (κ3) is 5.54. The molecule has 0 radical (unpaired) electrons. The summed E-state index contributed by atoms with van der Waals surface area (Å²) < 4.78 is 5.11. The Morgan fingerprint density at radius 2 is 1.09 bits per heavy atom. The fourth-order valence-electron chi connectivity index (χ4n) is 8.04. The van der Waals surface area contributed by atoms with Crippen molar-refractivity contribution in [2.24, 2.45) is 0 Å². The summed E-state index contributed by atoms with van der Waals surface area (Å²) in [5.41, 5.74) is 8.42. The molecular weight excluding hydrogens is 578 g/mol. The fraction of sp³-hybridized carbons (Fsp3) is 0.381. The number of hydrogen-bond acceptors (Lipinski definition) is 2. The number of rotatable bonds is 16. The highest BCUT2D eigenvalue weighted by Gasteiger charge is 2.25. The first-order valence-corrected chi connectivity index (χ1v) is 18.0. The Balaban J connectivity index is 1.56. The predicted molar refractivity (Wildman–Crippen MR) is 199 cm³/mol. The molecule has 0 unspecified atom stereocenters. The lowest BCUT2D eigenvalue weighted by atomic mass is 10.0. The number of hydrogen-bond donors (Lipinski definition) is 1. The van der Waals surface area contributed by atoms with Gasteiger partial charge in [0.25, 0.3) is 0 Å². The minimum absolute atomic E-state index is 0.680. The van der Waals surface area contributed by atoms with Gasteiger partial charge in [-0.1, -0.05) is 96.3 Å². The second kappa shape index (κ2) is 13.8. The fourth-order valence-corrected chi connectivity index (χ4v) is 8.04. The maximum atomic E-state index is 12.1. The number of nitrogens with zero attached hydrogens (tertiary/aromatic N) is 2. The molecule has 0 amide bonds. The number of carbonyl (C=O) groups excluding carboxylic acids is 2. The van der Waals surface area contributed by atoms with E-state index in [1.54, 1.807) is 0 Å². The van der Waals surface area contributed by atoms with Gasteiger partial charge in [0.1, 0.15) is 12.6 Å². The van der Waals surface area contributed by atoms with Crippen LogP contribution in [-0.4, -0.2) is 26.7 Å². The van der Waals surface area contributed by atoms with Crippen LogP contribution in [-0.2, 0) is 13.1 Å². The molecule has 1 N–H and O–H groups in total. The van der Waals surface area contributed by atoms with Gasteiger partial charge in [-0.05, 0) is 55.3 Å². The molecule has 0 atom stereocenters. The van der Waals surface area contributed by atoms with Crippen molar-refractivity contribution in [2.75, 3.05) is 0 Å². The number of aromatic nitrogens is 3. The molecule has 3 heterocycles. The van der Waals surface area contributed by atoms with E-state index in [9.17, 15) is 9.59 Å². The maximum absolute atomic E-state index is 12.1. The van der Waals surface area contributed by atoms with Gasteiger partial charge in [-0.2, -0.15) is 0 Å². The molecule has 5 nitrogen and oxygen atoms in total. The molecule has 47 heavy (non-hydrogen) atoms. The van der Waals surface area contributed by atoms with Gasteiger partial charge in [0.05, 0.1) is 16.6 Å². The molecule has 0 aliphatic heterocycles. The van der Waals surface area contributed by atoms with E-state index in [4.69, 9.17) is 0 Å². The average Bonchev–Trinajstić information content (AvgIpc) is 3.74. The number of para-hydroxylation sites is 1. The van der Waals surface area contributed by atoms with E-state index in [2.05, 4.69) is 64.4 Å². The molecule has 0 saturated heterocycles. The quantitative estimate of drug-likeness (QED) is 0.0858. The summed E-state index contributed by atoms with van der Waals surface area (Å²) in [5, 5.41) is 7.07. The van der Waals surface area contributed by atoms with Crippen molar-refractivity contribution < 1.29 is 9.59 Å². The molecule has 0 spiro atoms. The van der Waals surface area contributed by atoms with Crippen molar-refractivity contribution in [1.82, 2.24) is 14.1 Å². The number of fused-ring (bicyclic) bond motifs is 12. The molecular formula is C42H47N3O2. The molecule has 0 saturated carbocycles. The third-order valence-corrected chi connectivity index (χ3v) is 10.3. The van der Waals surface area contributed by atoms with Crippen LogP contribution >= 0.6 is 0 Å². The lowest BCUT2D eigenvalue weighted by Crippen LogP contribution is -2.00. The van der Waals surface area contributed by atoms with E-state index in [-0.39, 0.29) is 0 Å². The van der Waals surface area contributed by atoms with Crippen molar-refractivity contribution in [3.63, 3.8) is 0 Å². The monoisotopic (exact) mass is 625 g/mol. The van der Waals surface area contributed by atoms with Crippen LogP contribution in [0.4, 0.5) is 0 Å². The molecule has 4 aromatic carbocycles. The first-order chi connectivity index (χ1) is 23.2. The normalized spacial score (nSPS) is 12.1. The minimum atomic E-state index is 0.680. The SMILES string of the molecule is CCCCCCCCn1c2ccc(C=O)cc2c2c3[nH]c4ccc(C=O)cc4c3c3c(c4ccccc4n3CCCCCCCC)c21. The first kappa shape index (κ1) is 31.2. The van der Waals surface area contributed by atoms with Crippen LogP contribution in [0.1, 0.15) is 112 Å². The predicted octanol–water partition coefficient (Wildman–Crippen LogP) is 11.9. The van der Waals surface area contributed by atoms with E-state index in [0.717, 1.165) is 60.3 Å². The van der Waals surface area contributed by atoms with E-state index >= 15 is 0 Å². The Bertz CT molecular complexity index is 2210. The maximum Gasteiger partial charge on any atom is 0.150 e. The van der Waals surface area contributed by atoms with Gasteiger partial charge in [-0.25, -0.2) is 0 Å². The van der Waals surface area contributed by atoms with Crippen molar-refractivity contribution in [1.29, 1.82) is 0 Å². The highest BCUT2D eigenvalue weighted by Crippen LogP contribution is 2.47. The van der Waals surface area contributed by atoms with Gasteiger partial charge in [-0.3, -0.25) is 9.59 Å².